The lowest BCUT2D eigenvalue weighted by Gasteiger charge is -1.97. The van der Waals surface area contributed by atoms with E-state index in [1.165, 1.54) is 0 Å². The van der Waals surface area contributed by atoms with Gasteiger partial charge in [-0.15, -0.1) is 0 Å². The van der Waals surface area contributed by atoms with Gasteiger partial charge in [-0.1, -0.05) is 5.16 Å². The second-order valence-electron chi connectivity index (χ2n) is 2.30. The first-order chi connectivity index (χ1) is 4.68. The predicted molar refractivity (Wildman–Crippen MR) is 41.6 cm³/mol. The summed E-state index contributed by atoms with van der Waals surface area (Å²) in [5, 5.41) is 3.75. The second-order valence-corrected chi connectivity index (χ2v) is 3.09. The van der Waals surface area contributed by atoms with Gasteiger partial charge in [0.15, 0.2) is 0 Å². The van der Waals surface area contributed by atoms with Crippen molar-refractivity contribution in [3.63, 3.8) is 0 Å². The highest BCUT2D eigenvalue weighted by Gasteiger charge is 2.02. The van der Waals surface area contributed by atoms with Gasteiger partial charge < -0.3 is 10.3 Å². The van der Waals surface area contributed by atoms with Gasteiger partial charge in [0.2, 0.25) is 4.67 Å². The SMILES string of the molecule is CC(N)Cc1cc(Br)on1. The van der Waals surface area contributed by atoms with E-state index < -0.39 is 0 Å². The summed E-state index contributed by atoms with van der Waals surface area (Å²) < 4.78 is 5.43. The van der Waals surface area contributed by atoms with E-state index in [0.29, 0.717) is 4.67 Å². The molecule has 1 aromatic heterocycles. The highest BCUT2D eigenvalue weighted by atomic mass is 79.9. The van der Waals surface area contributed by atoms with Crippen LogP contribution in [0.1, 0.15) is 12.6 Å². The van der Waals surface area contributed by atoms with E-state index in [1.807, 2.05) is 13.0 Å². The molecule has 2 N–H and O–H groups in total. The van der Waals surface area contributed by atoms with Crippen molar-refractivity contribution in [2.24, 2.45) is 5.73 Å². The van der Waals surface area contributed by atoms with Crippen molar-refractivity contribution in [1.82, 2.24) is 5.16 Å². The summed E-state index contributed by atoms with van der Waals surface area (Å²) in [6.45, 7) is 1.93. The standard InChI is InChI=1S/C6H9BrN2O/c1-4(8)2-5-3-6(7)10-9-5/h3-4H,2,8H2,1H3. The highest BCUT2D eigenvalue weighted by molar-refractivity contribution is 9.10. The maximum absolute atomic E-state index is 5.54. The molecule has 0 aromatic carbocycles. The van der Waals surface area contributed by atoms with Crippen molar-refractivity contribution in [2.45, 2.75) is 19.4 Å². The number of hydrogen-bond acceptors (Lipinski definition) is 3. The van der Waals surface area contributed by atoms with Crippen LogP contribution in [0.4, 0.5) is 0 Å². The Morgan fingerprint density at radius 3 is 3.00 bits per heavy atom. The van der Waals surface area contributed by atoms with E-state index in [2.05, 4.69) is 21.1 Å². The van der Waals surface area contributed by atoms with Gasteiger partial charge in [0.25, 0.3) is 0 Å². The largest absolute Gasteiger partial charge is 0.349 e. The molecule has 0 saturated carbocycles. The van der Waals surface area contributed by atoms with Crippen molar-refractivity contribution < 1.29 is 4.52 Å². The minimum atomic E-state index is 0.136. The summed E-state index contributed by atoms with van der Waals surface area (Å²) in [5.74, 6) is 0. The third-order valence-electron chi connectivity index (χ3n) is 1.06. The van der Waals surface area contributed by atoms with Crippen LogP contribution in [-0.4, -0.2) is 11.2 Å². The number of halogens is 1. The van der Waals surface area contributed by atoms with Gasteiger partial charge in [0.1, 0.15) is 0 Å². The first kappa shape index (κ1) is 7.75. The van der Waals surface area contributed by atoms with Crippen LogP contribution in [0.15, 0.2) is 15.3 Å². The minimum absolute atomic E-state index is 0.136. The number of hydrogen-bond donors (Lipinski definition) is 1. The molecule has 0 saturated heterocycles. The Kier molecular flexibility index (Phi) is 2.45. The van der Waals surface area contributed by atoms with Gasteiger partial charge in [-0.3, -0.25) is 0 Å². The Morgan fingerprint density at radius 1 is 1.90 bits per heavy atom. The van der Waals surface area contributed by atoms with E-state index in [-0.39, 0.29) is 6.04 Å². The number of rotatable bonds is 2. The van der Waals surface area contributed by atoms with E-state index in [4.69, 9.17) is 10.3 Å². The van der Waals surface area contributed by atoms with Crippen LogP contribution in [0.3, 0.4) is 0 Å². The van der Waals surface area contributed by atoms with Gasteiger partial charge in [-0.2, -0.15) is 0 Å². The molecule has 3 nitrogen and oxygen atoms in total. The smallest absolute Gasteiger partial charge is 0.202 e. The van der Waals surface area contributed by atoms with Crippen molar-refractivity contribution in [3.8, 4) is 0 Å². The normalized spacial score (nSPS) is 13.5. The summed E-state index contributed by atoms with van der Waals surface area (Å²) in [6.07, 6.45) is 0.759. The topological polar surface area (TPSA) is 52.0 Å². The second kappa shape index (κ2) is 3.16. The average molecular weight is 205 g/mol. The summed E-state index contributed by atoms with van der Waals surface area (Å²) >= 11 is 3.15. The van der Waals surface area contributed by atoms with Gasteiger partial charge in [-0.05, 0) is 22.9 Å². The first-order valence-corrected chi connectivity index (χ1v) is 3.84. The molecular weight excluding hydrogens is 196 g/mol. The fourth-order valence-electron chi connectivity index (χ4n) is 0.712. The van der Waals surface area contributed by atoms with Crippen LogP contribution in [0, 0.1) is 0 Å². The predicted octanol–water partition coefficient (Wildman–Crippen LogP) is 1.33. The van der Waals surface area contributed by atoms with Crippen molar-refractivity contribution in [1.29, 1.82) is 0 Å². The summed E-state index contributed by atoms with van der Waals surface area (Å²) in [4.78, 5) is 0. The van der Waals surface area contributed by atoms with Crippen molar-refractivity contribution in [3.05, 3.63) is 16.4 Å². The Labute approximate surface area is 67.7 Å². The molecular formula is C6H9BrN2O. The Bertz CT molecular complexity index is 209. The third kappa shape index (κ3) is 2.11. The lowest BCUT2D eigenvalue weighted by atomic mass is 10.2. The van der Waals surface area contributed by atoms with Gasteiger partial charge in [0.05, 0.1) is 5.69 Å². The monoisotopic (exact) mass is 204 g/mol. The molecule has 1 heterocycles. The third-order valence-corrected chi connectivity index (χ3v) is 1.44. The molecule has 10 heavy (non-hydrogen) atoms. The van der Waals surface area contributed by atoms with E-state index in [1.54, 1.807) is 0 Å². The van der Waals surface area contributed by atoms with E-state index >= 15 is 0 Å². The first-order valence-electron chi connectivity index (χ1n) is 3.05. The van der Waals surface area contributed by atoms with Crippen molar-refractivity contribution >= 4 is 15.9 Å². The van der Waals surface area contributed by atoms with Gasteiger partial charge in [0, 0.05) is 18.5 Å². The lowest BCUT2D eigenvalue weighted by molar-refractivity contribution is 0.391. The molecule has 1 unspecified atom stereocenters. The summed E-state index contributed by atoms with van der Waals surface area (Å²) in [7, 11) is 0. The molecule has 0 bridgehead atoms. The molecule has 0 amide bonds. The zero-order valence-corrected chi connectivity index (χ0v) is 7.26. The number of nitrogens with zero attached hydrogens (tertiary/aromatic N) is 1. The van der Waals surface area contributed by atoms with E-state index in [0.717, 1.165) is 12.1 Å². The molecule has 1 aromatic rings. The summed E-state index contributed by atoms with van der Waals surface area (Å²) in [5.41, 5.74) is 6.43. The molecule has 0 aliphatic rings. The summed E-state index contributed by atoms with van der Waals surface area (Å²) in [6, 6.07) is 1.96. The van der Waals surface area contributed by atoms with Gasteiger partial charge >= 0.3 is 0 Å². The van der Waals surface area contributed by atoms with Crippen LogP contribution in [0.25, 0.3) is 0 Å². The van der Waals surface area contributed by atoms with Crippen LogP contribution < -0.4 is 5.73 Å². The molecule has 0 fully saturated rings. The Balaban J connectivity index is 2.58. The van der Waals surface area contributed by atoms with Crippen LogP contribution >= 0.6 is 15.9 Å². The highest BCUT2D eigenvalue weighted by Crippen LogP contribution is 2.11. The Hall–Kier alpha value is -0.350. The molecule has 0 aliphatic carbocycles. The molecule has 0 spiro atoms. The minimum Gasteiger partial charge on any atom is -0.349 e. The zero-order chi connectivity index (χ0) is 7.56. The Morgan fingerprint density at radius 2 is 2.60 bits per heavy atom. The zero-order valence-electron chi connectivity index (χ0n) is 5.67. The fraction of sp³-hybridized carbons (Fsp3) is 0.500. The molecule has 4 heteroatoms. The van der Waals surface area contributed by atoms with Crippen molar-refractivity contribution in [2.75, 3.05) is 0 Å². The molecule has 0 radical (unpaired) electrons. The van der Waals surface area contributed by atoms with Crippen LogP contribution in [-0.2, 0) is 6.42 Å². The lowest BCUT2D eigenvalue weighted by Crippen LogP contribution is -2.17. The quantitative estimate of drug-likeness (QED) is 0.792. The fourth-order valence-corrected chi connectivity index (χ4v) is 1.05. The molecule has 0 aliphatic heterocycles. The molecule has 1 rings (SSSR count). The van der Waals surface area contributed by atoms with Gasteiger partial charge in [-0.25, -0.2) is 0 Å². The van der Waals surface area contributed by atoms with Crippen LogP contribution in [0.2, 0.25) is 0 Å². The average Bonchev–Trinajstić information content (AvgIpc) is 2.13. The number of nitrogens with two attached hydrogens (primary N) is 1. The maximum Gasteiger partial charge on any atom is 0.202 e. The maximum atomic E-state index is 5.54. The molecule has 1 atom stereocenters. The van der Waals surface area contributed by atoms with E-state index in [9.17, 15) is 0 Å². The van der Waals surface area contributed by atoms with Crippen LogP contribution in [0.5, 0.6) is 0 Å². The molecule has 56 valence electrons. The number of aromatic nitrogens is 1.